The van der Waals surface area contributed by atoms with Crippen LogP contribution >= 0.6 is 11.3 Å². The highest BCUT2D eigenvalue weighted by atomic mass is 32.1. The molecular weight excluding hydrogens is 254 g/mol. The molecule has 3 aromatic rings. The average molecular weight is 262 g/mol. The van der Waals surface area contributed by atoms with Gasteiger partial charge in [-0.2, -0.15) is 0 Å². The Bertz CT molecular complexity index is 737. The van der Waals surface area contributed by atoms with E-state index >= 15 is 0 Å². The van der Waals surface area contributed by atoms with Crippen molar-refractivity contribution in [2.24, 2.45) is 0 Å². The van der Waals surface area contributed by atoms with Gasteiger partial charge >= 0.3 is 0 Å². The van der Waals surface area contributed by atoms with E-state index in [0.29, 0.717) is 16.3 Å². The zero-order valence-electron chi connectivity index (χ0n) is 9.15. The molecule has 0 aliphatic carbocycles. The van der Waals surface area contributed by atoms with E-state index in [1.54, 1.807) is 6.07 Å². The lowest BCUT2D eigenvalue weighted by Gasteiger charge is -1.96. The first-order valence-electron chi connectivity index (χ1n) is 5.25. The Hall–Kier alpha value is -2.01. The number of nitrogen functional groups attached to an aromatic ring is 1. The van der Waals surface area contributed by atoms with Crippen LogP contribution in [0.1, 0.15) is 0 Å². The summed E-state index contributed by atoms with van der Waals surface area (Å²) < 4.78 is 27.0. The number of nitrogens with zero attached hydrogens (tertiary/aromatic N) is 1. The minimum absolute atomic E-state index is 0.564. The second-order valence-corrected chi connectivity index (χ2v) is 4.91. The maximum Gasteiger partial charge on any atom is 0.159 e. The summed E-state index contributed by atoms with van der Waals surface area (Å²) in [6, 6.07) is 9.15. The molecule has 0 unspecified atom stereocenters. The van der Waals surface area contributed by atoms with Gasteiger partial charge in [0.15, 0.2) is 11.6 Å². The summed E-state index contributed by atoms with van der Waals surface area (Å²) >= 11 is 1.40. The quantitative estimate of drug-likeness (QED) is 0.677. The summed E-state index contributed by atoms with van der Waals surface area (Å²) in [5.74, 6) is -1.73. The highest BCUT2D eigenvalue weighted by molar-refractivity contribution is 7.21. The van der Waals surface area contributed by atoms with Crippen molar-refractivity contribution in [2.75, 3.05) is 5.73 Å². The number of hydrogen-bond donors (Lipinski definition) is 1. The third kappa shape index (κ3) is 1.82. The molecular formula is C13H8F2N2S. The van der Waals surface area contributed by atoms with E-state index < -0.39 is 11.6 Å². The Morgan fingerprint density at radius 1 is 1.00 bits per heavy atom. The average Bonchev–Trinajstić information content (AvgIpc) is 2.75. The second-order valence-electron chi connectivity index (χ2n) is 3.88. The number of aromatic nitrogens is 1. The van der Waals surface area contributed by atoms with E-state index in [1.807, 2.05) is 12.1 Å². The molecule has 1 aromatic heterocycles. The predicted molar refractivity (Wildman–Crippen MR) is 69.4 cm³/mol. The van der Waals surface area contributed by atoms with Gasteiger partial charge in [0.1, 0.15) is 5.01 Å². The molecule has 0 aliphatic heterocycles. The van der Waals surface area contributed by atoms with E-state index in [1.165, 1.54) is 17.4 Å². The molecule has 3 rings (SSSR count). The van der Waals surface area contributed by atoms with Crippen LogP contribution in [0, 0.1) is 11.6 Å². The van der Waals surface area contributed by atoms with Crippen molar-refractivity contribution in [3.8, 4) is 10.6 Å². The normalized spacial score (nSPS) is 11.0. The topological polar surface area (TPSA) is 38.9 Å². The number of rotatable bonds is 1. The fourth-order valence-corrected chi connectivity index (χ4v) is 2.70. The predicted octanol–water partition coefficient (Wildman–Crippen LogP) is 3.82. The van der Waals surface area contributed by atoms with E-state index in [-0.39, 0.29) is 0 Å². The van der Waals surface area contributed by atoms with Crippen LogP contribution in [0.5, 0.6) is 0 Å². The van der Waals surface area contributed by atoms with E-state index in [2.05, 4.69) is 4.98 Å². The highest BCUT2D eigenvalue weighted by Crippen LogP contribution is 2.31. The van der Waals surface area contributed by atoms with Crippen LogP contribution < -0.4 is 5.73 Å². The number of benzene rings is 2. The van der Waals surface area contributed by atoms with Gasteiger partial charge in [0.2, 0.25) is 0 Å². The van der Waals surface area contributed by atoms with Gasteiger partial charge in [-0.15, -0.1) is 11.3 Å². The fraction of sp³-hybridized carbons (Fsp3) is 0. The lowest BCUT2D eigenvalue weighted by atomic mass is 10.2. The first-order valence-corrected chi connectivity index (χ1v) is 6.06. The zero-order valence-corrected chi connectivity index (χ0v) is 9.97. The zero-order chi connectivity index (χ0) is 12.7. The summed E-state index contributed by atoms with van der Waals surface area (Å²) in [5, 5.41) is 0.648. The summed E-state index contributed by atoms with van der Waals surface area (Å²) in [5.41, 5.74) is 7.70. The van der Waals surface area contributed by atoms with Crippen molar-refractivity contribution in [3.63, 3.8) is 0 Å². The first kappa shape index (κ1) is 11.1. The number of hydrogen-bond acceptors (Lipinski definition) is 3. The molecule has 0 spiro atoms. The fourth-order valence-electron chi connectivity index (χ4n) is 1.69. The molecule has 0 saturated heterocycles. The SMILES string of the molecule is Nc1ccc2nc(-c3ccc(F)c(F)c3)sc2c1. The molecule has 0 amide bonds. The summed E-state index contributed by atoms with van der Waals surface area (Å²) in [7, 11) is 0. The second kappa shape index (κ2) is 4.03. The van der Waals surface area contributed by atoms with Crippen LogP contribution in [0.25, 0.3) is 20.8 Å². The molecule has 18 heavy (non-hydrogen) atoms. The smallest absolute Gasteiger partial charge is 0.159 e. The van der Waals surface area contributed by atoms with E-state index in [9.17, 15) is 8.78 Å². The molecule has 5 heteroatoms. The number of fused-ring (bicyclic) bond motifs is 1. The Kier molecular flexibility index (Phi) is 2.48. The van der Waals surface area contributed by atoms with Crippen molar-refractivity contribution in [3.05, 3.63) is 48.0 Å². The van der Waals surface area contributed by atoms with Gasteiger partial charge in [0.05, 0.1) is 10.2 Å². The van der Waals surface area contributed by atoms with E-state index in [0.717, 1.165) is 22.3 Å². The van der Waals surface area contributed by atoms with Gasteiger partial charge in [0, 0.05) is 11.3 Å². The number of anilines is 1. The summed E-state index contributed by atoms with van der Waals surface area (Å²) in [6.07, 6.45) is 0. The molecule has 0 atom stereocenters. The molecule has 2 aromatic carbocycles. The van der Waals surface area contributed by atoms with Crippen molar-refractivity contribution >= 4 is 27.2 Å². The highest BCUT2D eigenvalue weighted by Gasteiger charge is 2.09. The van der Waals surface area contributed by atoms with Gasteiger partial charge in [-0.25, -0.2) is 13.8 Å². The molecule has 0 fully saturated rings. The van der Waals surface area contributed by atoms with Crippen LogP contribution in [-0.2, 0) is 0 Å². The molecule has 0 radical (unpaired) electrons. The van der Waals surface area contributed by atoms with Crippen molar-refractivity contribution in [1.29, 1.82) is 0 Å². The molecule has 90 valence electrons. The van der Waals surface area contributed by atoms with Crippen LogP contribution in [-0.4, -0.2) is 4.98 Å². The molecule has 0 saturated carbocycles. The van der Waals surface area contributed by atoms with Crippen molar-refractivity contribution < 1.29 is 8.78 Å². The maximum absolute atomic E-state index is 13.2. The minimum Gasteiger partial charge on any atom is -0.399 e. The van der Waals surface area contributed by atoms with Gasteiger partial charge in [-0.05, 0) is 36.4 Å². The molecule has 2 nitrogen and oxygen atoms in total. The Morgan fingerprint density at radius 3 is 2.61 bits per heavy atom. The minimum atomic E-state index is -0.869. The van der Waals surface area contributed by atoms with Crippen LogP contribution in [0.3, 0.4) is 0 Å². The number of halogens is 2. The maximum atomic E-state index is 13.2. The standard InChI is InChI=1S/C13H8F2N2S/c14-9-3-1-7(5-10(9)15)13-17-11-4-2-8(16)6-12(11)18-13/h1-6H,16H2. The number of nitrogens with two attached hydrogens (primary N) is 1. The van der Waals surface area contributed by atoms with Gasteiger partial charge < -0.3 is 5.73 Å². The lowest BCUT2D eigenvalue weighted by Crippen LogP contribution is -1.84. The van der Waals surface area contributed by atoms with Crippen LogP contribution in [0.4, 0.5) is 14.5 Å². The Balaban J connectivity index is 2.16. The van der Waals surface area contributed by atoms with Gasteiger partial charge in [0.25, 0.3) is 0 Å². The molecule has 0 aliphatic rings. The largest absolute Gasteiger partial charge is 0.399 e. The Morgan fingerprint density at radius 2 is 1.83 bits per heavy atom. The monoisotopic (exact) mass is 262 g/mol. The molecule has 0 bridgehead atoms. The van der Waals surface area contributed by atoms with E-state index in [4.69, 9.17) is 5.73 Å². The molecule has 1 heterocycles. The summed E-state index contributed by atoms with van der Waals surface area (Å²) in [4.78, 5) is 4.37. The van der Waals surface area contributed by atoms with Crippen molar-refractivity contribution in [1.82, 2.24) is 4.98 Å². The third-order valence-electron chi connectivity index (χ3n) is 2.58. The van der Waals surface area contributed by atoms with Crippen LogP contribution in [0.2, 0.25) is 0 Å². The summed E-state index contributed by atoms with van der Waals surface area (Å²) in [6.45, 7) is 0. The van der Waals surface area contributed by atoms with Crippen LogP contribution in [0.15, 0.2) is 36.4 Å². The van der Waals surface area contributed by atoms with Crippen molar-refractivity contribution in [2.45, 2.75) is 0 Å². The molecule has 2 N–H and O–H groups in total. The lowest BCUT2D eigenvalue weighted by molar-refractivity contribution is 0.509. The first-order chi connectivity index (χ1) is 8.63. The third-order valence-corrected chi connectivity index (χ3v) is 3.65. The number of thiazole rings is 1. The van der Waals surface area contributed by atoms with Gasteiger partial charge in [-0.3, -0.25) is 0 Å². The van der Waals surface area contributed by atoms with Gasteiger partial charge in [-0.1, -0.05) is 0 Å². The Labute approximate surface area is 106 Å².